The molecule has 0 bridgehead atoms. The van der Waals surface area contributed by atoms with Crippen LogP contribution in [0.1, 0.15) is 18.9 Å². The highest BCUT2D eigenvalue weighted by Gasteiger charge is 2.40. The lowest BCUT2D eigenvalue weighted by Gasteiger charge is -2.20. The molecule has 1 saturated heterocycles. The lowest BCUT2D eigenvalue weighted by Crippen LogP contribution is -2.35. The Kier molecular flexibility index (Phi) is 3.02. The highest BCUT2D eigenvalue weighted by atomic mass is 16.2. The smallest absolute Gasteiger partial charge is 0.232 e. The van der Waals surface area contributed by atoms with Crippen molar-refractivity contribution in [2.24, 2.45) is 5.41 Å². The number of carbonyl (C=O) groups excluding carboxylic acids is 2. The molecule has 1 heterocycles. The van der Waals surface area contributed by atoms with Gasteiger partial charge in [0.05, 0.1) is 16.7 Å². The van der Waals surface area contributed by atoms with Gasteiger partial charge in [-0.05, 0) is 19.1 Å². The third-order valence-electron chi connectivity index (χ3n) is 3.07. The van der Waals surface area contributed by atoms with Gasteiger partial charge >= 0.3 is 0 Å². The predicted octanol–water partition coefficient (Wildman–Crippen LogP) is 1.02. The van der Waals surface area contributed by atoms with Gasteiger partial charge < -0.3 is 10.6 Å². The Morgan fingerprint density at radius 1 is 1.50 bits per heavy atom. The van der Waals surface area contributed by atoms with Gasteiger partial charge in [-0.15, -0.1) is 0 Å². The molecular weight excluding hydrogens is 230 g/mol. The highest BCUT2D eigenvalue weighted by Crippen LogP contribution is 2.27. The van der Waals surface area contributed by atoms with Crippen LogP contribution in [0.5, 0.6) is 0 Å². The van der Waals surface area contributed by atoms with Crippen LogP contribution >= 0.6 is 0 Å². The minimum absolute atomic E-state index is 0.124. The summed E-state index contributed by atoms with van der Waals surface area (Å²) in [5, 5.41) is 14.3. The van der Waals surface area contributed by atoms with Crippen LogP contribution in [0.4, 0.5) is 5.69 Å². The maximum atomic E-state index is 12.1. The summed E-state index contributed by atoms with van der Waals surface area (Å²) in [6, 6.07) is 8.80. The van der Waals surface area contributed by atoms with Gasteiger partial charge in [0.25, 0.3) is 0 Å². The zero-order valence-electron chi connectivity index (χ0n) is 9.99. The maximum absolute atomic E-state index is 12.1. The molecule has 5 nitrogen and oxygen atoms in total. The summed E-state index contributed by atoms with van der Waals surface area (Å²) < 4.78 is 0. The van der Waals surface area contributed by atoms with Gasteiger partial charge in [-0.3, -0.25) is 9.59 Å². The Balaban J connectivity index is 2.17. The van der Waals surface area contributed by atoms with E-state index < -0.39 is 5.41 Å². The first-order valence-electron chi connectivity index (χ1n) is 5.62. The number of benzene rings is 1. The van der Waals surface area contributed by atoms with E-state index in [-0.39, 0.29) is 18.2 Å². The van der Waals surface area contributed by atoms with Crippen molar-refractivity contribution in [1.82, 2.24) is 5.32 Å². The molecule has 1 unspecified atom stereocenters. The largest absolute Gasteiger partial charge is 0.355 e. The number of carbonyl (C=O) groups is 2. The second-order valence-electron chi connectivity index (χ2n) is 4.63. The number of rotatable bonds is 2. The van der Waals surface area contributed by atoms with Gasteiger partial charge in [-0.1, -0.05) is 12.1 Å². The monoisotopic (exact) mass is 243 g/mol. The third kappa shape index (κ3) is 2.18. The number of amides is 2. The molecule has 0 aromatic heterocycles. The molecule has 92 valence electrons. The van der Waals surface area contributed by atoms with E-state index in [0.29, 0.717) is 17.8 Å². The second-order valence-corrected chi connectivity index (χ2v) is 4.63. The molecule has 2 rings (SSSR count). The molecule has 1 atom stereocenters. The Morgan fingerprint density at radius 2 is 2.22 bits per heavy atom. The molecule has 2 N–H and O–H groups in total. The van der Waals surface area contributed by atoms with Gasteiger partial charge in [0, 0.05) is 13.0 Å². The van der Waals surface area contributed by atoms with Gasteiger partial charge in [-0.2, -0.15) is 5.26 Å². The van der Waals surface area contributed by atoms with E-state index in [1.54, 1.807) is 31.2 Å². The molecular formula is C13H13N3O2. The van der Waals surface area contributed by atoms with Crippen LogP contribution in [0.3, 0.4) is 0 Å². The lowest BCUT2D eigenvalue weighted by atomic mass is 9.88. The quantitative estimate of drug-likeness (QED) is 0.813. The maximum Gasteiger partial charge on any atom is 0.232 e. The normalized spacial score (nSPS) is 22.1. The van der Waals surface area contributed by atoms with E-state index in [9.17, 15) is 9.59 Å². The van der Waals surface area contributed by atoms with Crippen molar-refractivity contribution in [2.45, 2.75) is 13.3 Å². The Hall–Kier alpha value is -2.35. The van der Waals surface area contributed by atoms with Crippen molar-refractivity contribution in [3.63, 3.8) is 0 Å². The number of nitrogens with one attached hydrogen (secondary N) is 2. The molecule has 2 amide bonds. The fourth-order valence-corrected chi connectivity index (χ4v) is 1.90. The predicted molar refractivity (Wildman–Crippen MR) is 65.5 cm³/mol. The number of hydrogen-bond acceptors (Lipinski definition) is 3. The van der Waals surface area contributed by atoms with E-state index >= 15 is 0 Å². The number of nitrogens with zero attached hydrogens (tertiary/aromatic N) is 1. The fraction of sp³-hybridized carbons (Fsp3) is 0.308. The average molecular weight is 243 g/mol. The Morgan fingerprint density at radius 3 is 2.83 bits per heavy atom. The molecule has 18 heavy (non-hydrogen) atoms. The first-order valence-corrected chi connectivity index (χ1v) is 5.62. The number of anilines is 1. The molecule has 5 heteroatoms. The van der Waals surface area contributed by atoms with Crippen molar-refractivity contribution in [2.75, 3.05) is 11.9 Å². The van der Waals surface area contributed by atoms with Crippen molar-refractivity contribution < 1.29 is 9.59 Å². The molecule has 0 saturated carbocycles. The summed E-state index contributed by atoms with van der Waals surface area (Å²) in [4.78, 5) is 23.3. The summed E-state index contributed by atoms with van der Waals surface area (Å²) in [5.74, 6) is -0.371. The summed E-state index contributed by atoms with van der Waals surface area (Å²) in [6.07, 6.45) is 0.174. The second kappa shape index (κ2) is 4.49. The molecule has 1 aromatic carbocycles. The zero-order valence-corrected chi connectivity index (χ0v) is 9.99. The van der Waals surface area contributed by atoms with Gasteiger partial charge in [0.1, 0.15) is 6.07 Å². The van der Waals surface area contributed by atoms with E-state index in [1.807, 2.05) is 6.07 Å². The van der Waals surface area contributed by atoms with Crippen LogP contribution in [0.2, 0.25) is 0 Å². The first kappa shape index (κ1) is 12.1. The van der Waals surface area contributed by atoms with Crippen molar-refractivity contribution in [1.29, 1.82) is 5.26 Å². The highest BCUT2D eigenvalue weighted by molar-refractivity contribution is 6.00. The minimum atomic E-state index is -0.750. The van der Waals surface area contributed by atoms with Crippen molar-refractivity contribution >= 4 is 17.5 Å². The number of para-hydroxylation sites is 1. The molecule has 0 aliphatic carbocycles. The van der Waals surface area contributed by atoms with Gasteiger partial charge in [0.15, 0.2) is 0 Å². The van der Waals surface area contributed by atoms with E-state index in [4.69, 9.17) is 5.26 Å². The fourth-order valence-electron chi connectivity index (χ4n) is 1.90. The van der Waals surface area contributed by atoms with Crippen LogP contribution < -0.4 is 10.6 Å². The van der Waals surface area contributed by atoms with Crippen LogP contribution in [0.15, 0.2) is 24.3 Å². The molecule has 1 aliphatic rings. The summed E-state index contributed by atoms with van der Waals surface area (Å²) >= 11 is 0. The molecule has 1 aliphatic heterocycles. The van der Waals surface area contributed by atoms with Crippen LogP contribution in [-0.4, -0.2) is 18.4 Å². The molecule has 0 spiro atoms. The zero-order chi connectivity index (χ0) is 13.2. The van der Waals surface area contributed by atoms with Gasteiger partial charge in [0.2, 0.25) is 11.8 Å². The van der Waals surface area contributed by atoms with Crippen LogP contribution in [-0.2, 0) is 9.59 Å². The Labute approximate surface area is 105 Å². The first-order chi connectivity index (χ1) is 8.55. The van der Waals surface area contributed by atoms with E-state index in [0.717, 1.165) is 0 Å². The summed E-state index contributed by atoms with van der Waals surface area (Å²) in [6.45, 7) is 2.06. The topological polar surface area (TPSA) is 82.0 Å². The SMILES string of the molecule is CC1(C(=O)Nc2ccccc2C#N)CNC(=O)C1. The molecule has 0 radical (unpaired) electrons. The van der Waals surface area contributed by atoms with Crippen LogP contribution in [0.25, 0.3) is 0 Å². The minimum Gasteiger partial charge on any atom is -0.355 e. The molecule has 1 fully saturated rings. The third-order valence-corrected chi connectivity index (χ3v) is 3.07. The summed E-state index contributed by atoms with van der Waals surface area (Å²) in [5.41, 5.74) is 0.136. The van der Waals surface area contributed by atoms with Crippen LogP contribution in [0, 0.1) is 16.7 Å². The number of hydrogen-bond donors (Lipinski definition) is 2. The van der Waals surface area contributed by atoms with Gasteiger partial charge in [-0.25, -0.2) is 0 Å². The average Bonchev–Trinajstić information content (AvgIpc) is 2.71. The standard InChI is InChI=1S/C13H13N3O2/c1-13(6-11(17)15-8-13)12(18)16-10-5-3-2-4-9(10)7-14/h2-5H,6,8H2,1H3,(H,15,17)(H,16,18). The Bertz CT molecular complexity index is 547. The van der Waals surface area contributed by atoms with E-state index in [1.165, 1.54) is 0 Å². The molecule has 1 aromatic rings. The number of nitriles is 1. The van der Waals surface area contributed by atoms with E-state index in [2.05, 4.69) is 10.6 Å². The lowest BCUT2D eigenvalue weighted by molar-refractivity contribution is -0.126. The van der Waals surface area contributed by atoms with Crippen molar-refractivity contribution in [3.05, 3.63) is 29.8 Å². The summed E-state index contributed by atoms with van der Waals surface area (Å²) in [7, 11) is 0. The van der Waals surface area contributed by atoms with Crippen molar-refractivity contribution in [3.8, 4) is 6.07 Å².